The Morgan fingerprint density at radius 1 is 1.73 bits per heavy atom. The lowest BCUT2D eigenvalue weighted by atomic mass is 10.1. The second-order valence-corrected chi connectivity index (χ2v) is 3.43. The van der Waals surface area contributed by atoms with Crippen LogP contribution < -0.4 is 5.73 Å². The quantitative estimate of drug-likeness (QED) is 0.614. The van der Waals surface area contributed by atoms with Crippen LogP contribution in [0.2, 0.25) is 0 Å². The number of hydrogen-bond acceptors (Lipinski definition) is 2. The van der Waals surface area contributed by atoms with Gasteiger partial charge < -0.3 is 10.6 Å². The van der Waals surface area contributed by atoms with Crippen molar-refractivity contribution >= 4 is 0 Å². The van der Waals surface area contributed by atoms with E-state index in [0.717, 1.165) is 6.42 Å². The van der Waals surface area contributed by atoms with Gasteiger partial charge in [-0.05, 0) is 32.9 Å². The molecule has 1 aliphatic rings. The lowest BCUT2D eigenvalue weighted by molar-refractivity contribution is 0.308. The van der Waals surface area contributed by atoms with Gasteiger partial charge in [-0.2, -0.15) is 0 Å². The molecule has 2 N–H and O–H groups in total. The maximum Gasteiger partial charge on any atom is 0.0134 e. The van der Waals surface area contributed by atoms with Crippen molar-refractivity contribution < 1.29 is 0 Å². The van der Waals surface area contributed by atoms with Gasteiger partial charge in [0.15, 0.2) is 0 Å². The van der Waals surface area contributed by atoms with Crippen LogP contribution >= 0.6 is 0 Å². The molecule has 1 aliphatic heterocycles. The number of likely N-dealkylation sites (tertiary alicyclic amines) is 1. The van der Waals surface area contributed by atoms with Crippen molar-refractivity contribution in [3.8, 4) is 0 Å². The van der Waals surface area contributed by atoms with Gasteiger partial charge in [0.05, 0.1) is 0 Å². The number of nitrogens with two attached hydrogens (primary N) is 1. The SMILES string of the molecule is C=C(CN)CC1CCCN1C. The molecule has 1 heterocycles. The first-order chi connectivity index (χ1) is 5.24. The molecule has 64 valence electrons. The molecule has 2 nitrogen and oxygen atoms in total. The van der Waals surface area contributed by atoms with Gasteiger partial charge in [-0.25, -0.2) is 0 Å². The summed E-state index contributed by atoms with van der Waals surface area (Å²) in [5.74, 6) is 0. The highest BCUT2D eigenvalue weighted by atomic mass is 15.1. The predicted molar refractivity (Wildman–Crippen MR) is 48.5 cm³/mol. The Hall–Kier alpha value is -0.340. The smallest absolute Gasteiger partial charge is 0.0134 e. The number of nitrogens with zero attached hydrogens (tertiary/aromatic N) is 1. The fourth-order valence-electron chi connectivity index (χ4n) is 1.65. The monoisotopic (exact) mass is 154 g/mol. The number of rotatable bonds is 3. The second kappa shape index (κ2) is 3.88. The van der Waals surface area contributed by atoms with Gasteiger partial charge in [0.1, 0.15) is 0 Å². The third-order valence-electron chi connectivity index (χ3n) is 2.48. The molecule has 1 unspecified atom stereocenters. The van der Waals surface area contributed by atoms with Crippen LogP contribution in [0.4, 0.5) is 0 Å². The molecule has 0 aromatic heterocycles. The van der Waals surface area contributed by atoms with Gasteiger partial charge in [0.2, 0.25) is 0 Å². The van der Waals surface area contributed by atoms with Crippen LogP contribution in [0.5, 0.6) is 0 Å². The van der Waals surface area contributed by atoms with E-state index in [1.807, 2.05) is 0 Å². The average Bonchev–Trinajstić information content (AvgIpc) is 2.37. The van der Waals surface area contributed by atoms with Crippen LogP contribution in [-0.2, 0) is 0 Å². The largest absolute Gasteiger partial charge is 0.327 e. The van der Waals surface area contributed by atoms with Gasteiger partial charge in [-0.1, -0.05) is 12.2 Å². The minimum Gasteiger partial charge on any atom is -0.327 e. The molecule has 0 aromatic carbocycles. The van der Waals surface area contributed by atoms with Crippen molar-refractivity contribution in [1.29, 1.82) is 0 Å². The Balaban J connectivity index is 2.30. The van der Waals surface area contributed by atoms with Crippen LogP contribution in [0.1, 0.15) is 19.3 Å². The van der Waals surface area contributed by atoms with Crippen molar-refractivity contribution in [2.24, 2.45) is 5.73 Å². The van der Waals surface area contributed by atoms with E-state index >= 15 is 0 Å². The van der Waals surface area contributed by atoms with Crippen molar-refractivity contribution in [3.63, 3.8) is 0 Å². The Morgan fingerprint density at radius 3 is 2.91 bits per heavy atom. The molecule has 0 bridgehead atoms. The fraction of sp³-hybridized carbons (Fsp3) is 0.778. The van der Waals surface area contributed by atoms with Crippen LogP contribution in [0.25, 0.3) is 0 Å². The molecule has 0 aromatic rings. The molecule has 1 saturated heterocycles. The van der Waals surface area contributed by atoms with Gasteiger partial charge in [0, 0.05) is 12.6 Å². The Kier molecular flexibility index (Phi) is 3.09. The lowest BCUT2D eigenvalue weighted by Crippen LogP contribution is -2.26. The van der Waals surface area contributed by atoms with Crippen LogP contribution in [0, 0.1) is 0 Å². The highest BCUT2D eigenvalue weighted by Crippen LogP contribution is 2.20. The van der Waals surface area contributed by atoms with E-state index in [2.05, 4.69) is 18.5 Å². The molecule has 0 aliphatic carbocycles. The third-order valence-corrected chi connectivity index (χ3v) is 2.48. The van der Waals surface area contributed by atoms with E-state index in [1.165, 1.54) is 25.0 Å². The summed E-state index contributed by atoms with van der Waals surface area (Å²) in [4.78, 5) is 2.40. The molecule has 2 heteroatoms. The summed E-state index contributed by atoms with van der Waals surface area (Å²) in [5, 5.41) is 0. The number of hydrogen-bond donors (Lipinski definition) is 1. The highest BCUT2D eigenvalue weighted by molar-refractivity contribution is 5.00. The molecule has 11 heavy (non-hydrogen) atoms. The summed E-state index contributed by atoms with van der Waals surface area (Å²) >= 11 is 0. The molecule has 0 spiro atoms. The zero-order chi connectivity index (χ0) is 8.27. The zero-order valence-electron chi connectivity index (χ0n) is 7.34. The Labute approximate surface area is 69.1 Å². The minimum atomic E-state index is 0.643. The van der Waals surface area contributed by atoms with E-state index < -0.39 is 0 Å². The zero-order valence-corrected chi connectivity index (χ0v) is 7.34. The van der Waals surface area contributed by atoms with Gasteiger partial charge >= 0.3 is 0 Å². The molecular weight excluding hydrogens is 136 g/mol. The van der Waals surface area contributed by atoms with E-state index in [4.69, 9.17) is 5.73 Å². The predicted octanol–water partition coefficient (Wildman–Crippen LogP) is 0.986. The van der Waals surface area contributed by atoms with Crippen molar-refractivity contribution in [2.45, 2.75) is 25.3 Å². The minimum absolute atomic E-state index is 0.643. The third kappa shape index (κ3) is 2.31. The molecular formula is C9H18N2. The Morgan fingerprint density at radius 2 is 2.45 bits per heavy atom. The summed E-state index contributed by atoms with van der Waals surface area (Å²) in [6.07, 6.45) is 3.74. The maximum atomic E-state index is 5.48. The van der Waals surface area contributed by atoms with Crippen molar-refractivity contribution in [3.05, 3.63) is 12.2 Å². The fourth-order valence-corrected chi connectivity index (χ4v) is 1.65. The normalized spacial score (nSPS) is 25.8. The standard InChI is InChI=1S/C9H18N2/c1-8(7-10)6-9-4-3-5-11(9)2/h9H,1,3-7,10H2,2H3. The molecule has 0 saturated carbocycles. The topological polar surface area (TPSA) is 29.3 Å². The second-order valence-electron chi connectivity index (χ2n) is 3.43. The van der Waals surface area contributed by atoms with Crippen LogP contribution in [0.15, 0.2) is 12.2 Å². The lowest BCUT2D eigenvalue weighted by Gasteiger charge is -2.19. The molecule has 0 amide bonds. The highest BCUT2D eigenvalue weighted by Gasteiger charge is 2.20. The van der Waals surface area contributed by atoms with Crippen molar-refractivity contribution in [1.82, 2.24) is 4.90 Å². The summed E-state index contributed by atoms with van der Waals surface area (Å²) < 4.78 is 0. The van der Waals surface area contributed by atoms with E-state index in [-0.39, 0.29) is 0 Å². The first-order valence-corrected chi connectivity index (χ1v) is 4.31. The first-order valence-electron chi connectivity index (χ1n) is 4.31. The van der Waals surface area contributed by atoms with Gasteiger partial charge in [-0.15, -0.1) is 0 Å². The molecule has 1 fully saturated rings. The molecule has 0 radical (unpaired) electrons. The van der Waals surface area contributed by atoms with Crippen LogP contribution in [0.3, 0.4) is 0 Å². The summed E-state index contributed by atoms with van der Waals surface area (Å²) in [7, 11) is 2.18. The summed E-state index contributed by atoms with van der Waals surface area (Å²) in [6, 6.07) is 0.714. The van der Waals surface area contributed by atoms with Gasteiger partial charge in [-0.3, -0.25) is 0 Å². The van der Waals surface area contributed by atoms with Crippen LogP contribution in [-0.4, -0.2) is 31.1 Å². The average molecular weight is 154 g/mol. The van der Waals surface area contributed by atoms with E-state index in [0.29, 0.717) is 12.6 Å². The maximum absolute atomic E-state index is 5.48. The summed E-state index contributed by atoms with van der Waals surface area (Å²) in [6.45, 7) is 5.80. The first kappa shape index (κ1) is 8.75. The van der Waals surface area contributed by atoms with E-state index in [9.17, 15) is 0 Å². The molecule has 1 atom stereocenters. The van der Waals surface area contributed by atoms with Gasteiger partial charge in [0.25, 0.3) is 0 Å². The summed E-state index contributed by atoms with van der Waals surface area (Å²) in [5.41, 5.74) is 6.66. The Bertz CT molecular complexity index is 142. The van der Waals surface area contributed by atoms with E-state index in [1.54, 1.807) is 0 Å². The molecule has 1 rings (SSSR count). The van der Waals surface area contributed by atoms with Crippen molar-refractivity contribution in [2.75, 3.05) is 20.1 Å².